The number of fused-ring (bicyclic) bond motifs is 1. The van der Waals surface area contributed by atoms with E-state index in [9.17, 15) is 9.18 Å². The predicted octanol–water partition coefficient (Wildman–Crippen LogP) is 3.39. The van der Waals surface area contributed by atoms with Crippen molar-refractivity contribution in [3.8, 4) is 10.6 Å². The summed E-state index contributed by atoms with van der Waals surface area (Å²) in [5, 5.41) is 5.37. The van der Waals surface area contributed by atoms with Crippen molar-refractivity contribution in [1.82, 2.24) is 15.2 Å². The predicted molar refractivity (Wildman–Crippen MR) is 95.9 cm³/mol. The van der Waals surface area contributed by atoms with Crippen LogP contribution in [0.1, 0.15) is 10.4 Å². The normalized spacial score (nSPS) is 11.2. The van der Waals surface area contributed by atoms with Crippen LogP contribution in [0, 0.1) is 5.82 Å². The van der Waals surface area contributed by atoms with E-state index in [1.807, 2.05) is 36.5 Å². The fourth-order valence-corrected chi connectivity index (χ4v) is 3.11. The fraction of sp³-hybridized carbons (Fsp3) is 0.222. The summed E-state index contributed by atoms with van der Waals surface area (Å²) in [6.07, 6.45) is 0. The number of nitrogens with one attached hydrogen (secondary N) is 1. The lowest BCUT2D eigenvalue weighted by Gasteiger charge is -2.12. The average Bonchev–Trinajstić information content (AvgIpc) is 3.08. The van der Waals surface area contributed by atoms with Gasteiger partial charge in [0.25, 0.3) is 5.91 Å². The molecule has 4 nitrogen and oxygen atoms in total. The summed E-state index contributed by atoms with van der Waals surface area (Å²) in [4.78, 5) is 20.1. The smallest absolute Gasteiger partial charge is 0.252 e. The zero-order chi connectivity index (χ0) is 17.1. The Morgan fingerprint density at radius 3 is 2.83 bits per heavy atom. The Hall–Kier alpha value is -2.31. The first-order chi connectivity index (χ1) is 11.5. The van der Waals surface area contributed by atoms with Crippen molar-refractivity contribution < 1.29 is 9.18 Å². The maximum absolute atomic E-state index is 13.6. The van der Waals surface area contributed by atoms with Crippen LogP contribution in [0.3, 0.4) is 0 Å². The van der Waals surface area contributed by atoms with Crippen molar-refractivity contribution in [2.45, 2.75) is 0 Å². The van der Waals surface area contributed by atoms with Crippen LogP contribution >= 0.6 is 11.3 Å². The third-order valence-electron chi connectivity index (χ3n) is 3.63. The van der Waals surface area contributed by atoms with Gasteiger partial charge in [-0.25, -0.2) is 9.37 Å². The van der Waals surface area contributed by atoms with Crippen LogP contribution in [0.5, 0.6) is 0 Å². The minimum Gasteiger partial charge on any atom is -0.351 e. The molecule has 0 aliphatic rings. The van der Waals surface area contributed by atoms with Crippen molar-refractivity contribution in [3.05, 3.63) is 53.2 Å². The van der Waals surface area contributed by atoms with Crippen LogP contribution in [-0.2, 0) is 0 Å². The van der Waals surface area contributed by atoms with E-state index in [1.165, 1.54) is 12.1 Å². The quantitative estimate of drug-likeness (QED) is 0.772. The second-order valence-electron chi connectivity index (χ2n) is 5.75. The summed E-state index contributed by atoms with van der Waals surface area (Å²) in [5.41, 5.74) is 1.78. The van der Waals surface area contributed by atoms with Crippen LogP contribution in [0.25, 0.3) is 21.5 Å². The largest absolute Gasteiger partial charge is 0.351 e. The van der Waals surface area contributed by atoms with E-state index in [-0.39, 0.29) is 11.7 Å². The molecule has 24 heavy (non-hydrogen) atoms. The molecule has 6 heteroatoms. The standard InChI is InChI=1S/C18H18FN3OS/c1-22(2)8-7-20-18(23)14-11-16(17-4-3-9-24-17)21-15-6-5-12(19)10-13(14)15/h3-6,9-11H,7-8H2,1-2H3,(H,20,23). The van der Waals surface area contributed by atoms with Gasteiger partial charge in [-0.15, -0.1) is 11.3 Å². The Morgan fingerprint density at radius 1 is 1.29 bits per heavy atom. The first-order valence-electron chi connectivity index (χ1n) is 7.62. The van der Waals surface area contributed by atoms with Gasteiger partial charge in [0.05, 0.1) is 21.7 Å². The molecule has 1 aromatic carbocycles. The highest BCUT2D eigenvalue weighted by molar-refractivity contribution is 7.13. The minimum absolute atomic E-state index is 0.215. The third kappa shape index (κ3) is 3.60. The molecule has 0 bridgehead atoms. The Labute approximate surface area is 143 Å². The van der Waals surface area contributed by atoms with Crippen LogP contribution in [0.15, 0.2) is 41.8 Å². The summed E-state index contributed by atoms with van der Waals surface area (Å²) < 4.78 is 13.6. The van der Waals surface area contributed by atoms with Gasteiger partial charge in [-0.05, 0) is 49.8 Å². The van der Waals surface area contributed by atoms with Crippen LogP contribution in [0.4, 0.5) is 4.39 Å². The maximum Gasteiger partial charge on any atom is 0.252 e. The highest BCUT2D eigenvalue weighted by atomic mass is 32.1. The molecule has 2 aromatic heterocycles. The molecule has 1 N–H and O–H groups in total. The molecule has 0 unspecified atom stereocenters. The number of carbonyl (C=O) groups is 1. The van der Waals surface area contributed by atoms with E-state index in [4.69, 9.17) is 0 Å². The van der Waals surface area contributed by atoms with Crippen molar-refractivity contribution in [1.29, 1.82) is 0 Å². The van der Waals surface area contributed by atoms with Gasteiger partial charge in [0.2, 0.25) is 0 Å². The Kier molecular flexibility index (Phi) is 4.87. The SMILES string of the molecule is CN(C)CCNC(=O)c1cc(-c2cccs2)nc2ccc(F)cc12. The highest BCUT2D eigenvalue weighted by Gasteiger charge is 2.15. The van der Waals surface area contributed by atoms with Gasteiger partial charge in [0, 0.05) is 18.5 Å². The number of hydrogen-bond donors (Lipinski definition) is 1. The molecule has 1 amide bonds. The van der Waals surface area contributed by atoms with E-state index < -0.39 is 0 Å². The molecule has 2 heterocycles. The van der Waals surface area contributed by atoms with Crippen LogP contribution < -0.4 is 5.32 Å². The minimum atomic E-state index is -0.379. The summed E-state index contributed by atoms with van der Waals surface area (Å²) in [6.45, 7) is 1.26. The van der Waals surface area contributed by atoms with Gasteiger partial charge in [-0.2, -0.15) is 0 Å². The lowest BCUT2D eigenvalue weighted by Crippen LogP contribution is -2.31. The van der Waals surface area contributed by atoms with Crippen molar-refractivity contribution in [2.24, 2.45) is 0 Å². The van der Waals surface area contributed by atoms with Gasteiger partial charge >= 0.3 is 0 Å². The average molecular weight is 343 g/mol. The molecule has 0 aliphatic heterocycles. The van der Waals surface area contributed by atoms with Crippen LogP contribution in [0.2, 0.25) is 0 Å². The maximum atomic E-state index is 13.6. The number of hydrogen-bond acceptors (Lipinski definition) is 4. The van der Waals surface area contributed by atoms with E-state index in [0.717, 1.165) is 17.1 Å². The second kappa shape index (κ2) is 7.07. The molecule has 0 spiro atoms. The van der Waals surface area contributed by atoms with Crippen molar-refractivity contribution >= 4 is 28.1 Å². The van der Waals surface area contributed by atoms with E-state index in [0.29, 0.717) is 23.0 Å². The third-order valence-corrected chi connectivity index (χ3v) is 4.53. The van der Waals surface area contributed by atoms with Crippen LogP contribution in [-0.4, -0.2) is 43.0 Å². The van der Waals surface area contributed by atoms with Gasteiger partial charge in [-0.3, -0.25) is 4.79 Å². The van der Waals surface area contributed by atoms with Crippen molar-refractivity contribution in [2.75, 3.05) is 27.2 Å². The number of nitrogens with zero attached hydrogens (tertiary/aromatic N) is 2. The summed E-state index contributed by atoms with van der Waals surface area (Å²) in [6, 6.07) is 9.96. The molecule has 0 fully saturated rings. The summed E-state index contributed by atoms with van der Waals surface area (Å²) in [5.74, 6) is -0.594. The molecule has 0 atom stereocenters. The first-order valence-corrected chi connectivity index (χ1v) is 8.49. The summed E-state index contributed by atoms with van der Waals surface area (Å²) in [7, 11) is 3.89. The molecular formula is C18H18FN3OS. The summed E-state index contributed by atoms with van der Waals surface area (Å²) >= 11 is 1.55. The zero-order valence-electron chi connectivity index (χ0n) is 13.5. The number of aromatic nitrogens is 1. The number of rotatable bonds is 5. The van der Waals surface area contributed by atoms with Crippen molar-refractivity contribution in [3.63, 3.8) is 0 Å². The lowest BCUT2D eigenvalue weighted by molar-refractivity contribution is 0.0952. The number of benzene rings is 1. The molecule has 0 saturated heterocycles. The van der Waals surface area contributed by atoms with E-state index in [2.05, 4.69) is 10.3 Å². The molecule has 0 radical (unpaired) electrons. The molecule has 3 rings (SSSR count). The lowest BCUT2D eigenvalue weighted by atomic mass is 10.1. The molecule has 0 saturated carbocycles. The Morgan fingerprint density at radius 2 is 2.12 bits per heavy atom. The van der Waals surface area contributed by atoms with Gasteiger partial charge in [-0.1, -0.05) is 6.07 Å². The first kappa shape index (κ1) is 16.5. The monoisotopic (exact) mass is 343 g/mol. The molecular weight excluding hydrogens is 325 g/mol. The van der Waals surface area contributed by atoms with E-state index >= 15 is 0 Å². The number of halogens is 1. The highest BCUT2D eigenvalue weighted by Crippen LogP contribution is 2.28. The Bertz CT molecular complexity index is 862. The number of likely N-dealkylation sites (N-methyl/N-ethyl adjacent to an activating group) is 1. The number of thiophene rings is 1. The Balaban J connectivity index is 2.03. The second-order valence-corrected chi connectivity index (χ2v) is 6.70. The van der Waals surface area contributed by atoms with Gasteiger partial charge < -0.3 is 10.2 Å². The van der Waals surface area contributed by atoms with Gasteiger partial charge in [0.1, 0.15) is 5.82 Å². The molecule has 0 aliphatic carbocycles. The van der Waals surface area contributed by atoms with E-state index in [1.54, 1.807) is 23.5 Å². The molecule has 3 aromatic rings. The molecule has 124 valence electrons. The fourth-order valence-electron chi connectivity index (χ4n) is 2.42. The number of pyridine rings is 1. The number of carbonyl (C=O) groups excluding carboxylic acids is 1. The zero-order valence-corrected chi connectivity index (χ0v) is 14.4. The van der Waals surface area contributed by atoms with Gasteiger partial charge in [0.15, 0.2) is 0 Å². The number of amides is 1. The topological polar surface area (TPSA) is 45.2 Å².